The molecule has 3 rings (SSSR count). The third kappa shape index (κ3) is 6.40. The molecule has 0 saturated carbocycles. The highest BCUT2D eigenvalue weighted by atomic mass is 32.1. The number of likely N-dealkylation sites (tertiary alicyclic amines) is 1. The fourth-order valence-electron chi connectivity index (χ4n) is 3.52. The van der Waals surface area contributed by atoms with Gasteiger partial charge in [-0.2, -0.15) is 0 Å². The van der Waals surface area contributed by atoms with E-state index in [2.05, 4.69) is 34.0 Å². The second-order valence-electron chi connectivity index (χ2n) is 7.83. The van der Waals surface area contributed by atoms with Crippen molar-refractivity contribution in [1.29, 1.82) is 0 Å². The number of hydrogen-bond acceptors (Lipinski definition) is 5. The van der Waals surface area contributed by atoms with Crippen molar-refractivity contribution < 1.29 is 4.79 Å². The van der Waals surface area contributed by atoms with Crippen LogP contribution in [0, 0.1) is 11.8 Å². The van der Waals surface area contributed by atoms with Gasteiger partial charge in [-0.1, -0.05) is 13.8 Å². The number of nitrogens with zero attached hydrogens (tertiary/aromatic N) is 3. The number of aryl methyl sites for hydroxylation is 1. The van der Waals surface area contributed by atoms with E-state index in [1.54, 1.807) is 17.5 Å². The fraction of sp³-hybridized carbons (Fsp3) is 0.571. The molecule has 1 aliphatic heterocycles. The Morgan fingerprint density at radius 1 is 1.37 bits per heavy atom. The highest BCUT2D eigenvalue weighted by Gasteiger charge is 2.20. The maximum atomic E-state index is 12.2. The van der Waals surface area contributed by atoms with Crippen LogP contribution in [0.25, 0.3) is 10.6 Å². The molecule has 27 heavy (non-hydrogen) atoms. The number of nitrogens with one attached hydrogen (secondary N) is 1. The fourth-order valence-corrected chi connectivity index (χ4v) is 4.37. The molecule has 1 amide bonds. The lowest BCUT2D eigenvalue weighted by atomic mass is 9.96. The molecular weight excluding hydrogens is 356 g/mol. The summed E-state index contributed by atoms with van der Waals surface area (Å²) >= 11 is 1.61. The van der Waals surface area contributed by atoms with Gasteiger partial charge < -0.3 is 10.2 Å². The SMILES string of the molecule is CC(C)CN1CCC(CNC(=O)CCc2csc(-c3cccnc3)n2)CC1. The van der Waals surface area contributed by atoms with Gasteiger partial charge in [0.2, 0.25) is 5.91 Å². The first kappa shape index (κ1) is 20.0. The van der Waals surface area contributed by atoms with Gasteiger partial charge in [-0.15, -0.1) is 11.3 Å². The third-order valence-corrected chi connectivity index (χ3v) is 5.93. The zero-order valence-electron chi connectivity index (χ0n) is 16.4. The van der Waals surface area contributed by atoms with Crippen molar-refractivity contribution in [2.75, 3.05) is 26.2 Å². The summed E-state index contributed by atoms with van der Waals surface area (Å²) in [5.74, 6) is 1.48. The number of piperidine rings is 1. The molecule has 1 aliphatic rings. The molecule has 0 radical (unpaired) electrons. The van der Waals surface area contributed by atoms with Crippen molar-refractivity contribution in [3.05, 3.63) is 35.6 Å². The Morgan fingerprint density at radius 2 is 2.19 bits per heavy atom. The van der Waals surface area contributed by atoms with Gasteiger partial charge in [0, 0.05) is 42.8 Å². The molecular formula is C21H30N4OS. The van der Waals surface area contributed by atoms with Crippen LogP contribution in [0.3, 0.4) is 0 Å². The summed E-state index contributed by atoms with van der Waals surface area (Å²) in [6, 6.07) is 3.92. The summed E-state index contributed by atoms with van der Waals surface area (Å²) in [6.07, 6.45) is 7.15. The van der Waals surface area contributed by atoms with Crippen LogP contribution in [0.15, 0.2) is 29.9 Å². The van der Waals surface area contributed by atoms with E-state index in [0.717, 1.165) is 41.8 Å². The van der Waals surface area contributed by atoms with E-state index in [-0.39, 0.29) is 5.91 Å². The van der Waals surface area contributed by atoms with Crippen molar-refractivity contribution in [2.45, 2.75) is 39.5 Å². The zero-order chi connectivity index (χ0) is 19.1. The van der Waals surface area contributed by atoms with Crippen molar-refractivity contribution >= 4 is 17.2 Å². The first-order valence-electron chi connectivity index (χ1n) is 9.94. The summed E-state index contributed by atoms with van der Waals surface area (Å²) in [6.45, 7) is 8.87. The Bertz CT molecular complexity index is 708. The van der Waals surface area contributed by atoms with Gasteiger partial charge in [-0.05, 0) is 56.3 Å². The average Bonchev–Trinajstić information content (AvgIpc) is 3.15. The number of hydrogen-bond donors (Lipinski definition) is 1. The maximum Gasteiger partial charge on any atom is 0.220 e. The monoisotopic (exact) mass is 386 g/mol. The van der Waals surface area contributed by atoms with E-state index in [0.29, 0.717) is 18.8 Å². The molecule has 0 aromatic carbocycles. The molecule has 0 spiro atoms. The van der Waals surface area contributed by atoms with E-state index in [4.69, 9.17) is 0 Å². The Morgan fingerprint density at radius 3 is 2.89 bits per heavy atom. The first-order valence-corrected chi connectivity index (χ1v) is 10.8. The van der Waals surface area contributed by atoms with E-state index >= 15 is 0 Å². The second kappa shape index (κ2) is 9.95. The summed E-state index contributed by atoms with van der Waals surface area (Å²) < 4.78 is 0. The molecule has 3 heterocycles. The smallest absolute Gasteiger partial charge is 0.220 e. The van der Waals surface area contributed by atoms with Gasteiger partial charge in [0.05, 0.1) is 5.69 Å². The summed E-state index contributed by atoms with van der Waals surface area (Å²) in [5.41, 5.74) is 2.01. The standard InChI is InChI=1S/C21H30N4OS/c1-16(2)14-25-10-7-17(8-11-25)12-23-20(26)6-5-19-15-27-21(24-19)18-4-3-9-22-13-18/h3-4,9,13,15-17H,5-8,10-12,14H2,1-2H3,(H,23,26). The molecule has 1 N–H and O–H groups in total. The largest absolute Gasteiger partial charge is 0.356 e. The number of aromatic nitrogens is 2. The third-order valence-electron chi connectivity index (χ3n) is 4.99. The van der Waals surface area contributed by atoms with Gasteiger partial charge in [-0.3, -0.25) is 9.78 Å². The van der Waals surface area contributed by atoms with Crippen LogP contribution >= 0.6 is 11.3 Å². The number of carbonyl (C=O) groups excluding carboxylic acids is 1. The molecule has 0 bridgehead atoms. The molecule has 2 aromatic heterocycles. The predicted octanol–water partition coefficient (Wildman–Crippen LogP) is 3.62. The minimum atomic E-state index is 0.135. The van der Waals surface area contributed by atoms with Gasteiger partial charge in [-0.25, -0.2) is 4.98 Å². The Balaban J connectivity index is 1.35. The minimum absolute atomic E-state index is 0.135. The molecule has 0 atom stereocenters. The number of thiazole rings is 1. The maximum absolute atomic E-state index is 12.2. The van der Waals surface area contributed by atoms with Crippen molar-refractivity contribution in [1.82, 2.24) is 20.2 Å². The Hall–Kier alpha value is -1.79. The quantitative estimate of drug-likeness (QED) is 0.753. The van der Waals surface area contributed by atoms with E-state index < -0.39 is 0 Å². The van der Waals surface area contributed by atoms with Crippen LogP contribution in [0.5, 0.6) is 0 Å². The first-order chi connectivity index (χ1) is 13.1. The Labute approximate surface area is 166 Å². The number of pyridine rings is 1. The van der Waals surface area contributed by atoms with Crippen LogP contribution in [0.1, 0.15) is 38.8 Å². The molecule has 5 nitrogen and oxygen atoms in total. The van der Waals surface area contributed by atoms with Gasteiger partial charge in [0.15, 0.2) is 0 Å². The molecule has 0 aliphatic carbocycles. The molecule has 1 fully saturated rings. The van der Waals surface area contributed by atoms with Gasteiger partial charge >= 0.3 is 0 Å². The highest BCUT2D eigenvalue weighted by Crippen LogP contribution is 2.23. The topological polar surface area (TPSA) is 58.1 Å². The van der Waals surface area contributed by atoms with E-state index in [1.807, 2.05) is 23.7 Å². The molecule has 0 unspecified atom stereocenters. The summed E-state index contributed by atoms with van der Waals surface area (Å²) in [7, 11) is 0. The van der Waals surface area contributed by atoms with Crippen LogP contribution in [-0.2, 0) is 11.2 Å². The van der Waals surface area contributed by atoms with E-state index in [9.17, 15) is 4.79 Å². The average molecular weight is 387 g/mol. The molecule has 1 saturated heterocycles. The van der Waals surface area contributed by atoms with Gasteiger partial charge in [0.25, 0.3) is 0 Å². The molecule has 6 heteroatoms. The minimum Gasteiger partial charge on any atom is -0.356 e. The van der Waals surface area contributed by atoms with Crippen LogP contribution in [-0.4, -0.2) is 47.0 Å². The molecule has 2 aromatic rings. The van der Waals surface area contributed by atoms with Gasteiger partial charge in [0.1, 0.15) is 5.01 Å². The Kier molecular flexibility index (Phi) is 7.35. The van der Waals surface area contributed by atoms with Crippen LogP contribution in [0.4, 0.5) is 0 Å². The predicted molar refractivity (Wildman–Crippen MR) is 111 cm³/mol. The number of amides is 1. The molecule has 146 valence electrons. The van der Waals surface area contributed by atoms with Crippen molar-refractivity contribution in [3.63, 3.8) is 0 Å². The van der Waals surface area contributed by atoms with E-state index in [1.165, 1.54) is 19.4 Å². The summed E-state index contributed by atoms with van der Waals surface area (Å²) in [5, 5.41) is 6.13. The zero-order valence-corrected chi connectivity index (χ0v) is 17.2. The number of carbonyl (C=O) groups is 1. The normalized spacial score (nSPS) is 16.0. The highest BCUT2D eigenvalue weighted by molar-refractivity contribution is 7.13. The lowest BCUT2D eigenvalue weighted by molar-refractivity contribution is -0.121. The van der Waals surface area contributed by atoms with Crippen LogP contribution in [0.2, 0.25) is 0 Å². The van der Waals surface area contributed by atoms with Crippen molar-refractivity contribution in [2.24, 2.45) is 11.8 Å². The summed E-state index contributed by atoms with van der Waals surface area (Å²) in [4.78, 5) is 23.5. The number of rotatable bonds is 8. The lowest BCUT2D eigenvalue weighted by Gasteiger charge is -2.33. The van der Waals surface area contributed by atoms with Crippen LogP contribution < -0.4 is 5.32 Å². The second-order valence-corrected chi connectivity index (χ2v) is 8.69. The lowest BCUT2D eigenvalue weighted by Crippen LogP contribution is -2.40. The van der Waals surface area contributed by atoms with Crippen molar-refractivity contribution in [3.8, 4) is 10.6 Å².